The van der Waals surface area contributed by atoms with Crippen molar-refractivity contribution in [2.75, 3.05) is 6.54 Å². The molecule has 2 N–H and O–H groups in total. The second-order valence-electron chi connectivity index (χ2n) is 4.78. The monoisotopic (exact) mass is 230 g/mol. The van der Waals surface area contributed by atoms with Crippen LogP contribution in [0.4, 0.5) is 0 Å². The quantitative estimate of drug-likeness (QED) is 0.829. The van der Waals surface area contributed by atoms with Crippen molar-refractivity contribution in [3.8, 4) is 6.07 Å². The number of benzene rings is 1. The Hall–Kier alpha value is -1.37. The third-order valence-corrected chi connectivity index (χ3v) is 3.33. The second kappa shape index (κ2) is 5.81. The van der Waals surface area contributed by atoms with Gasteiger partial charge in [-0.2, -0.15) is 5.26 Å². The Balaban J connectivity index is 1.76. The zero-order valence-corrected chi connectivity index (χ0v) is 9.89. The minimum atomic E-state index is -0.0938. The van der Waals surface area contributed by atoms with E-state index in [1.807, 2.05) is 24.3 Å². The number of hydrogen-bond acceptors (Lipinski definition) is 3. The van der Waals surface area contributed by atoms with Crippen LogP contribution in [0.3, 0.4) is 0 Å². The molecule has 0 saturated heterocycles. The van der Waals surface area contributed by atoms with Crippen LogP contribution in [0, 0.1) is 17.2 Å². The number of aliphatic hydroxyl groups is 1. The molecule has 0 radical (unpaired) electrons. The summed E-state index contributed by atoms with van der Waals surface area (Å²) in [5.74, 6) is 0.601. The molecule has 0 aromatic heterocycles. The first kappa shape index (κ1) is 12.1. The molecule has 2 unspecified atom stereocenters. The van der Waals surface area contributed by atoms with Gasteiger partial charge >= 0.3 is 0 Å². The van der Waals surface area contributed by atoms with Crippen molar-refractivity contribution >= 4 is 0 Å². The van der Waals surface area contributed by atoms with E-state index in [0.717, 1.165) is 37.9 Å². The van der Waals surface area contributed by atoms with Crippen molar-refractivity contribution in [1.29, 1.82) is 5.26 Å². The maximum Gasteiger partial charge on any atom is 0.0991 e. The highest BCUT2D eigenvalue weighted by molar-refractivity contribution is 5.32. The summed E-state index contributed by atoms with van der Waals surface area (Å²) >= 11 is 0. The lowest BCUT2D eigenvalue weighted by atomic mass is 10.1. The zero-order chi connectivity index (χ0) is 12.1. The van der Waals surface area contributed by atoms with Crippen LogP contribution in [0.1, 0.15) is 30.4 Å². The highest BCUT2D eigenvalue weighted by Gasteiger charge is 2.21. The summed E-state index contributed by atoms with van der Waals surface area (Å²) in [6.07, 6.45) is 2.89. The van der Waals surface area contributed by atoms with Gasteiger partial charge in [-0.3, -0.25) is 0 Å². The van der Waals surface area contributed by atoms with E-state index in [4.69, 9.17) is 5.26 Å². The predicted molar refractivity (Wildman–Crippen MR) is 66.2 cm³/mol. The van der Waals surface area contributed by atoms with E-state index in [2.05, 4.69) is 11.4 Å². The Bertz CT molecular complexity index is 411. The van der Waals surface area contributed by atoms with Gasteiger partial charge in [-0.1, -0.05) is 12.1 Å². The van der Waals surface area contributed by atoms with Gasteiger partial charge in [0.25, 0.3) is 0 Å². The van der Waals surface area contributed by atoms with Gasteiger partial charge in [-0.15, -0.1) is 0 Å². The molecule has 17 heavy (non-hydrogen) atoms. The van der Waals surface area contributed by atoms with Gasteiger partial charge in [0.15, 0.2) is 0 Å². The van der Waals surface area contributed by atoms with E-state index in [1.165, 1.54) is 0 Å². The second-order valence-corrected chi connectivity index (χ2v) is 4.78. The van der Waals surface area contributed by atoms with Crippen LogP contribution in [0.15, 0.2) is 24.3 Å². The van der Waals surface area contributed by atoms with Crippen molar-refractivity contribution in [3.05, 3.63) is 35.4 Å². The normalized spacial score (nSPS) is 23.5. The molecule has 0 bridgehead atoms. The summed E-state index contributed by atoms with van der Waals surface area (Å²) in [5, 5.41) is 21.6. The first-order valence-electron chi connectivity index (χ1n) is 6.16. The standard InChI is InChI=1S/C14H18N2O/c15-8-11-2-1-3-12(6-11)9-16-10-13-4-5-14(17)7-13/h1-3,6,13-14,16-17H,4-5,7,9-10H2. The molecule has 1 aliphatic rings. The Morgan fingerprint density at radius 3 is 3.00 bits per heavy atom. The average Bonchev–Trinajstić information content (AvgIpc) is 2.75. The summed E-state index contributed by atoms with van der Waals surface area (Å²) in [6.45, 7) is 1.75. The van der Waals surface area contributed by atoms with Crippen molar-refractivity contribution in [1.82, 2.24) is 5.32 Å². The van der Waals surface area contributed by atoms with Crippen molar-refractivity contribution < 1.29 is 5.11 Å². The third kappa shape index (κ3) is 3.55. The Morgan fingerprint density at radius 2 is 2.29 bits per heavy atom. The van der Waals surface area contributed by atoms with E-state index < -0.39 is 0 Å². The molecule has 1 aromatic carbocycles. The fourth-order valence-electron chi connectivity index (χ4n) is 2.41. The fraction of sp³-hybridized carbons (Fsp3) is 0.500. The zero-order valence-electron chi connectivity index (χ0n) is 9.89. The lowest BCUT2D eigenvalue weighted by Gasteiger charge is -2.10. The Labute approximate surface area is 102 Å². The SMILES string of the molecule is N#Cc1cccc(CNCC2CCC(O)C2)c1. The largest absolute Gasteiger partial charge is 0.393 e. The van der Waals surface area contributed by atoms with E-state index in [9.17, 15) is 5.11 Å². The molecule has 2 atom stereocenters. The summed E-state index contributed by atoms with van der Waals surface area (Å²) in [7, 11) is 0. The number of nitrogens with one attached hydrogen (secondary N) is 1. The molecule has 0 aliphatic heterocycles. The van der Waals surface area contributed by atoms with Crippen LogP contribution in [0.5, 0.6) is 0 Å². The Morgan fingerprint density at radius 1 is 1.41 bits per heavy atom. The smallest absolute Gasteiger partial charge is 0.0991 e. The van der Waals surface area contributed by atoms with Crippen LogP contribution >= 0.6 is 0 Å². The molecule has 0 amide bonds. The number of nitrogens with zero attached hydrogens (tertiary/aromatic N) is 1. The molecule has 3 nitrogen and oxygen atoms in total. The van der Waals surface area contributed by atoms with E-state index in [-0.39, 0.29) is 6.10 Å². The minimum Gasteiger partial charge on any atom is -0.393 e. The van der Waals surface area contributed by atoms with Gasteiger partial charge in [0, 0.05) is 6.54 Å². The molecule has 2 rings (SSSR count). The topological polar surface area (TPSA) is 56.0 Å². The van der Waals surface area contributed by atoms with Crippen LogP contribution in [0.25, 0.3) is 0 Å². The molecular weight excluding hydrogens is 212 g/mol. The number of nitriles is 1. The van der Waals surface area contributed by atoms with E-state index >= 15 is 0 Å². The van der Waals surface area contributed by atoms with E-state index in [1.54, 1.807) is 0 Å². The average molecular weight is 230 g/mol. The van der Waals surface area contributed by atoms with Crippen molar-refractivity contribution in [3.63, 3.8) is 0 Å². The third-order valence-electron chi connectivity index (χ3n) is 3.33. The molecular formula is C14H18N2O. The minimum absolute atomic E-state index is 0.0938. The van der Waals surface area contributed by atoms with Crippen molar-refractivity contribution in [2.24, 2.45) is 5.92 Å². The summed E-state index contributed by atoms with van der Waals surface area (Å²) in [5.41, 5.74) is 1.85. The van der Waals surface area contributed by atoms with Crippen LogP contribution in [0.2, 0.25) is 0 Å². The molecule has 3 heteroatoms. The van der Waals surface area contributed by atoms with Gasteiger partial charge in [-0.25, -0.2) is 0 Å². The highest BCUT2D eigenvalue weighted by atomic mass is 16.3. The molecule has 1 aliphatic carbocycles. The maximum atomic E-state index is 9.42. The van der Waals surface area contributed by atoms with Gasteiger partial charge < -0.3 is 10.4 Å². The molecule has 90 valence electrons. The van der Waals surface area contributed by atoms with Crippen LogP contribution in [-0.2, 0) is 6.54 Å². The summed E-state index contributed by atoms with van der Waals surface area (Å²) in [4.78, 5) is 0. The number of aliphatic hydroxyl groups excluding tert-OH is 1. The van der Waals surface area contributed by atoms with Crippen LogP contribution < -0.4 is 5.32 Å². The summed E-state index contributed by atoms with van der Waals surface area (Å²) < 4.78 is 0. The summed E-state index contributed by atoms with van der Waals surface area (Å²) in [6, 6.07) is 9.81. The first-order valence-corrected chi connectivity index (χ1v) is 6.16. The molecule has 1 aromatic rings. The molecule has 1 fully saturated rings. The van der Waals surface area contributed by atoms with Gasteiger partial charge in [0.2, 0.25) is 0 Å². The maximum absolute atomic E-state index is 9.42. The number of rotatable bonds is 4. The molecule has 1 saturated carbocycles. The highest BCUT2D eigenvalue weighted by Crippen LogP contribution is 2.24. The van der Waals surface area contributed by atoms with Gasteiger partial charge in [0.05, 0.1) is 17.7 Å². The number of hydrogen-bond donors (Lipinski definition) is 2. The van der Waals surface area contributed by atoms with Crippen LogP contribution in [-0.4, -0.2) is 17.8 Å². The Kier molecular flexibility index (Phi) is 4.13. The first-order chi connectivity index (χ1) is 8.28. The predicted octanol–water partition coefficient (Wildman–Crippen LogP) is 1.81. The van der Waals surface area contributed by atoms with Crippen molar-refractivity contribution in [2.45, 2.75) is 31.9 Å². The molecule has 0 heterocycles. The molecule has 0 spiro atoms. The lowest BCUT2D eigenvalue weighted by molar-refractivity contribution is 0.177. The fourth-order valence-corrected chi connectivity index (χ4v) is 2.41. The lowest BCUT2D eigenvalue weighted by Crippen LogP contribution is -2.21. The van der Waals surface area contributed by atoms with Gasteiger partial charge in [0.1, 0.15) is 0 Å². The van der Waals surface area contributed by atoms with E-state index in [0.29, 0.717) is 11.5 Å². The van der Waals surface area contributed by atoms with Gasteiger partial charge in [-0.05, 0) is 49.4 Å².